The summed E-state index contributed by atoms with van der Waals surface area (Å²) in [5.41, 5.74) is 1.66. The number of hydrogen-bond donors (Lipinski definition) is 2. The molecule has 1 aliphatic carbocycles. The normalized spacial score (nSPS) is 18.9. The molecule has 1 aliphatic rings. The van der Waals surface area contributed by atoms with Crippen molar-refractivity contribution >= 4 is 5.97 Å². The molecule has 0 heterocycles. The third-order valence-electron chi connectivity index (χ3n) is 3.13. The number of methoxy groups -OCH3 is 1. The molecule has 0 fully saturated rings. The van der Waals surface area contributed by atoms with Crippen LogP contribution in [0.5, 0.6) is 11.5 Å². The van der Waals surface area contributed by atoms with Crippen LogP contribution in [-0.4, -0.2) is 23.3 Å². The first kappa shape index (κ1) is 10.8. The first-order valence-corrected chi connectivity index (χ1v) is 5.24. The quantitative estimate of drug-likeness (QED) is 0.797. The summed E-state index contributed by atoms with van der Waals surface area (Å²) in [4.78, 5) is 10.9. The van der Waals surface area contributed by atoms with E-state index < -0.39 is 5.97 Å². The largest absolute Gasteiger partial charge is 0.508 e. The fourth-order valence-electron chi connectivity index (χ4n) is 2.23. The third-order valence-corrected chi connectivity index (χ3v) is 3.13. The number of rotatable bonds is 2. The van der Waals surface area contributed by atoms with E-state index in [2.05, 4.69) is 0 Å². The molecule has 0 saturated heterocycles. The smallest absolute Gasteiger partial charge is 0.306 e. The molecule has 4 heteroatoms. The first-order valence-electron chi connectivity index (χ1n) is 5.24. The lowest BCUT2D eigenvalue weighted by Crippen LogP contribution is -2.22. The van der Waals surface area contributed by atoms with Crippen molar-refractivity contribution in [2.45, 2.75) is 19.3 Å². The van der Waals surface area contributed by atoms with Crippen molar-refractivity contribution in [1.82, 2.24) is 0 Å². The molecule has 2 N–H and O–H groups in total. The van der Waals surface area contributed by atoms with Crippen LogP contribution in [0.4, 0.5) is 0 Å². The van der Waals surface area contributed by atoms with E-state index in [9.17, 15) is 9.90 Å². The Kier molecular flexibility index (Phi) is 2.73. The molecule has 0 radical (unpaired) electrons. The van der Waals surface area contributed by atoms with E-state index in [1.165, 1.54) is 0 Å². The summed E-state index contributed by atoms with van der Waals surface area (Å²) in [6.45, 7) is 0. The third kappa shape index (κ3) is 1.71. The summed E-state index contributed by atoms with van der Waals surface area (Å²) in [6, 6.07) is 3.27. The molecule has 2 rings (SSSR count). The Balaban J connectivity index is 2.42. The Morgan fingerprint density at radius 1 is 1.44 bits per heavy atom. The van der Waals surface area contributed by atoms with Crippen LogP contribution in [-0.2, 0) is 17.6 Å². The molecule has 0 aromatic heterocycles. The average Bonchev–Trinajstić information content (AvgIpc) is 2.29. The first-order chi connectivity index (χ1) is 7.63. The van der Waals surface area contributed by atoms with E-state index in [4.69, 9.17) is 9.84 Å². The van der Waals surface area contributed by atoms with E-state index in [1.54, 1.807) is 19.2 Å². The second-order valence-electron chi connectivity index (χ2n) is 4.02. The number of aliphatic carboxylic acids is 1. The average molecular weight is 222 g/mol. The minimum absolute atomic E-state index is 0.236. The highest BCUT2D eigenvalue weighted by atomic mass is 16.5. The van der Waals surface area contributed by atoms with Gasteiger partial charge in [-0.05, 0) is 31.4 Å². The monoisotopic (exact) mass is 222 g/mol. The predicted molar refractivity (Wildman–Crippen MR) is 57.8 cm³/mol. The molecule has 1 atom stereocenters. The standard InChI is InChI=1S/C12H14O4/c1-16-11-5-4-10(13)8-3-2-7(12(14)15)6-9(8)11/h4-5,7,13H,2-3,6H2,1H3,(H,14,15). The second-order valence-corrected chi connectivity index (χ2v) is 4.02. The van der Waals surface area contributed by atoms with E-state index in [-0.39, 0.29) is 11.7 Å². The van der Waals surface area contributed by atoms with Gasteiger partial charge in [-0.3, -0.25) is 4.79 Å². The minimum Gasteiger partial charge on any atom is -0.508 e. The zero-order chi connectivity index (χ0) is 11.7. The number of carboxylic acid groups (broad SMARTS) is 1. The van der Waals surface area contributed by atoms with Gasteiger partial charge in [0.05, 0.1) is 13.0 Å². The van der Waals surface area contributed by atoms with Crippen molar-refractivity contribution in [3.63, 3.8) is 0 Å². The van der Waals surface area contributed by atoms with Gasteiger partial charge in [0.1, 0.15) is 11.5 Å². The van der Waals surface area contributed by atoms with Crippen molar-refractivity contribution in [2.75, 3.05) is 7.11 Å². The van der Waals surface area contributed by atoms with Gasteiger partial charge in [-0.25, -0.2) is 0 Å². The molecule has 0 spiro atoms. The summed E-state index contributed by atoms with van der Waals surface area (Å²) in [5.74, 6) is -0.252. The molecule has 0 bridgehead atoms. The molecule has 1 aromatic carbocycles. The highest BCUT2D eigenvalue weighted by Crippen LogP contribution is 2.37. The molecule has 1 aromatic rings. The van der Waals surface area contributed by atoms with Crippen molar-refractivity contribution in [3.05, 3.63) is 23.3 Å². The fraction of sp³-hybridized carbons (Fsp3) is 0.417. The Hall–Kier alpha value is -1.71. The van der Waals surface area contributed by atoms with E-state index in [0.717, 1.165) is 11.1 Å². The molecule has 4 nitrogen and oxygen atoms in total. The van der Waals surface area contributed by atoms with Crippen molar-refractivity contribution in [3.8, 4) is 11.5 Å². The number of carboxylic acids is 1. The van der Waals surface area contributed by atoms with Gasteiger partial charge in [-0.1, -0.05) is 0 Å². The molecule has 0 amide bonds. The molecule has 86 valence electrons. The second kappa shape index (κ2) is 4.04. The van der Waals surface area contributed by atoms with Crippen LogP contribution in [0.3, 0.4) is 0 Å². The van der Waals surface area contributed by atoms with Gasteiger partial charge in [-0.2, -0.15) is 0 Å². The molecule has 16 heavy (non-hydrogen) atoms. The van der Waals surface area contributed by atoms with Gasteiger partial charge < -0.3 is 14.9 Å². The van der Waals surface area contributed by atoms with Crippen molar-refractivity contribution < 1.29 is 19.7 Å². The lowest BCUT2D eigenvalue weighted by molar-refractivity contribution is -0.142. The maximum atomic E-state index is 10.9. The fourth-order valence-corrected chi connectivity index (χ4v) is 2.23. The van der Waals surface area contributed by atoms with Gasteiger partial charge in [-0.15, -0.1) is 0 Å². The summed E-state index contributed by atoms with van der Waals surface area (Å²) < 4.78 is 5.19. The topological polar surface area (TPSA) is 66.8 Å². The zero-order valence-corrected chi connectivity index (χ0v) is 9.06. The summed E-state index contributed by atoms with van der Waals surface area (Å²) in [7, 11) is 1.55. The lowest BCUT2D eigenvalue weighted by atomic mass is 9.83. The number of phenolic OH excluding ortho intramolecular Hbond substituents is 1. The van der Waals surface area contributed by atoms with Crippen LogP contribution in [0.25, 0.3) is 0 Å². The van der Waals surface area contributed by atoms with Gasteiger partial charge in [0.2, 0.25) is 0 Å². The minimum atomic E-state index is -0.781. The molecular formula is C12H14O4. The van der Waals surface area contributed by atoms with E-state index >= 15 is 0 Å². The Bertz CT molecular complexity index is 425. The van der Waals surface area contributed by atoms with Gasteiger partial charge in [0, 0.05) is 11.1 Å². The lowest BCUT2D eigenvalue weighted by Gasteiger charge is -2.24. The molecule has 0 aliphatic heterocycles. The van der Waals surface area contributed by atoms with Gasteiger partial charge >= 0.3 is 5.97 Å². The Labute approximate surface area is 93.5 Å². The van der Waals surface area contributed by atoms with Crippen LogP contribution in [0, 0.1) is 5.92 Å². The number of aromatic hydroxyl groups is 1. The van der Waals surface area contributed by atoms with Crippen LogP contribution in [0.15, 0.2) is 12.1 Å². The van der Waals surface area contributed by atoms with Crippen LogP contribution in [0.1, 0.15) is 17.5 Å². The van der Waals surface area contributed by atoms with Crippen LogP contribution in [0.2, 0.25) is 0 Å². The summed E-state index contributed by atoms with van der Waals surface area (Å²) in [6.07, 6.45) is 1.60. The van der Waals surface area contributed by atoms with Crippen molar-refractivity contribution in [2.24, 2.45) is 5.92 Å². The molecule has 1 unspecified atom stereocenters. The predicted octanol–water partition coefficient (Wildman–Crippen LogP) is 1.59. The van der Waals surface area contributed by atoms with Gasteiger partial charge in [0.15, 0.2) is 0 Å². The number of fused-ring (bicyclic) bond motifs is 1. The summed E-state index contributed by atoms with van der Waals surface area (Å²) in [5, 5.41) is 18.7. The summed E-state index contributed by atoms with van der Waals surface area (Å²) >= 11 is 0. The number of phenols is 1. The number of hydrogen-bond acceptors (Lipinski definition) is 3. The number of ether oxygens (including phenoxy) is 1. The molecule has 0 saturated carbocycles. The highest BCUT2D eigenvalue weighted by molar-refractivity contribution is 5.71. The highest BCUT2D eigenvalue weighted by Gasteiger charge is 2.28. The van der Waals surface area contributed by atoms with Crippen molar-refractivity contribution in [1.29, 1.82) is 0 Å². The number of carbonyl (C=O) groups is 1. The Morgan fingerprint density at radius 3 is 2.81 bits per heavy atom. The van der Waals surface area contributed by atoms with E-state index in [0.29, 0.717) is 25.0 Å². The van der Waals surface area contributed by atoms with Crippen LogP contribution >= 0.6 is 0 Å². The molecular weight excluding hydrogens is 208 g/mol. The maximum Gasteiger partial charge on any atom is 0.306 e. The maximum absolute atomic E-state index is 10.9. The van der Waals surface area contributed by atoms with Gasteiger partial charge in [0.25, 0.3) is 0 Å². The Morgan fingerprint density at radius 2 is 2.19 bits per heavy atom. The van der Waals surface area contributed by atoms with Crippen LogP contribution < -0.4 is 4.74 Å². The number of benzene rings is 1. The zero-order valence-electron chi connectivity index (χ0n) is 9.06. The van der Waals surface area contributed by atoms with E-state index in [1.807, 2.05) is 0 Å². The SMILES string of the molecule is COc1ccc(O)c2c1CC(C(=O)O)CC2.